The molecule has 3 aromatic rings. The number of alkyl carbamates (subject to hydrolysis) is 1. The van der Waals surface area contributed by atoms with Crippen LogP contribution in [0.3, 0.4) is 0 Å². The Hall–Kier alpha value is -4.53. The van der Waals surface area contributed by atoms with Crippen LogP contribution in [0, 0.1) is 10.1 Å². The maximum absolute atomic E-state index is 13.8. The van der Waals surface area contributed by atoms with Crippen LogP contribution in [0.2, 0.25) is 0 Å². The highest BCUT2D eigenvalue weighted by Crippen LogP contribution is 2.27. The van der Waals surface area contributed by atoms with E-state index >= 15 is 0 Å². The highest BCUT2D eigenvalue weighted by atomic mass is 32.2. The molecule has 0 saturated heterocycles. The predicted molar refractivity (Wildman–Crippen MR) is 175 cm³/mol. The zero-order valence-electron chi connectivity index (χ0n) is 26.9. The first-order valence-corrected chi connectivity index (χ1v) is 16.7. The van der Waals surface area contributed by atoms with Gasteiger partial charge in [0.25, 0.3) is 5.69 Å². The van der Waals surface area contributed by atoms with Gasteiger partial charge in [-0.05, 0) is 57.2 Å². The number of unbranched alkanes of at least 4 members (excludes halogenated alkanes) is 1. The molecule has 3 aromatic carbocycles. The molecule has 0 radical (unpaired) electrons. The molecule has 0 bridgehead atoms. The van der Waals surface area contributed by atoms with E-state index in [1.165, 1.54) is 18.2 Å². The number of nitro benzene ring substituents is 1. The number of carbonyl (C=O) groups excluding carboxylic acids is 2. The molecular weight excluding hydrogens is 628 g/mol. The van der Waals surface area contributed by atoms with Crippen LogP contribution in [-0.4, -0.2) is 66.7 Å². The number of carbonyl (C=O) groups is 2. The van der Waals surface area contributed by atoms with Gasteiger partial charge in [-0.3, -0.25) is 15.0 Å². The van der Waals surface area contributed by atoms with Gasteiger partial charge in [0.15, 0.2) is 4.90 Å². The van der Waals surface area contributed by atoms with Crippen LogP contribution in [0.1, 0.15) is 51.2 Å². The second kappa shape index (κ2) is 18.0. The van der Waals surface area contributed by atoms with Crippen molar-refractivity contribution in [2.24, 2.45) is 0 Å². The summed E-state index contributed by atoms with van der Waals surface area (Å²) in [4.78, 5) is 41.3. The number of nitrogens with zero attached hydrogens (tertiary/aromatic N) is 3. The first kappa shape index (κ1) is 36.9. The van der Waals surface area contributed by atoms with Gasteiger partial charge in [0.1, 0.15) is 18.8 Å². The second-order valence-electron chi connectivity index (χ2n) is 11.5. The number of amides is 2. The lowest BCUT2D eigenvalue weighted by atomic mass is 10.2. The fourth-order valence-corrected chi connectivity index (χ4v) is 6.01. The highest BCUT2D eigenvalue weighted by molar-refractivity contribution is 7.89. The summed E-state index contributed by atoms with van der Waals surface area (Å²) in [6.45, 7) is 5.51. The van der Waals surface area contributed by atoms with Crippen LogP contribution in [-0.2, 0) is 37.5 Å². The van der Waals surface area contributed by atoms with Crippen molar-refractivity contribution in [3.63, 3.8) is 0 Å². The molecule has 0 aromatic heterocycles. The molecule has 47 heavy (non-hydrogen) atoms. The SMILES string of the molecule is CC(C)(C)OC(=O)N(CCCN(CCCCNC(=O)OCc1ccccc1)S(=O)(=O)c1ccccc1[N+](=O)[O-])OCc1ccccc1. The lowest BCUT2D eigenvalue weighted by Gasteiger charge is -2.28. The van der Waals surface area contributed by atoms with Crippen LogP contribution in [0.5, 0.6) is 0 Å². The Bertz CT molecular complexity index is 1550. The van der Waals surface area contributed by atoms with Crippen molar-refractivity contribution in [3.8, 4) is 0 Å². The number of sulfonamides is 1. The number of hydroxylamine groups is 2. The predicted octanol–water partition coefficient (Wildman–Crippen LogP) is 6.05. The lowest BCUT2D eigenvalue weighted by Crippen LogP contribution is -2.39. The Kier molecular flexibility index (Phi) is 14.1. The summed E-state index contributed by atoms with van der Waals surface area (Å²) < 4.78 is 39.3. The number of nitrogens with one attached hydrogen (secondary N) is 1. The van der Waals surface area contributed by atoms with Crippen molar-refractivity contribution in [1.29, 1.82) is 0 Å². The number of ether oxygens (including phenoxy) is 2. The summed E-state index contributed by atoms with van der Waals surface area (Å²) in [5, 5.41) is 15.4. The average molecular weight is 671 g/mol. The third kappa shape index (κ3) is 12.6. The molecule has 0 unspecified atom stereocenters. The molecule has 14 heteroatoms. The van der Waals surface area contributed by atoms with Gasteiger partial charge in [0, 0.05) is 25.7 Å². The second-order valence-corrected chi connectivity index (χ2v) is 13.4. The van der Waals surface area contributed by atoms with E-state index in [-0.39, 0.29) is 45.8 Å². The molecule has 0 spiro atoms. The van der Waals surface area contributed by atoms with Crippen LogP contribution in [0.25, 0.3) is 0 Å². The summed E-state index contributed by atoms with van der Waals surface area (Å²) in [6.07, 6.45) is -0.451. The van der Waals surface area contributed by atoms with E-state index in [2.05, 4.69) is 5.32 Å². The molecule has 0 aliphatic rings. The topological polar surface area (TPSA) is 158 Å². The van der Waals surface area contributed by atoms with E-state index in [0.29, 0.717) is 12.8 Å². The fraction of sp³-hybridized carbons (Fsp3) is 0.394. The van der Waals surface area contributed by atoms with Crippen LogP contribution >= 0.6 is 0 Å². The van der Waals surface area contributed by atoms with Gasteiger partial charge >= 0.3 is 12.2 Å². The molecule has 0 aliphatic heterocycles. The summed E-state index contributed by atoms with van der Waals surface area (Å²) in [5.41, 5.74) is 0.324. The smallest absolute Gasteiger partial charge is 0.434 e. The van der Waals surface area contributed by atoms with Crippen molar-refractivity contribution < 1.29 is 37.2 Å². The normalized spacial score (nSPS) is 11.6. The zero-order valence-corrected chi connectivity index (χ0v) is 27.7. The van der Waals surface area contributed by atoms with E-state index in [1.807, 2.05) is 60.7 Å². The third-order valence-electron chi connectivity index (χ3n) is 6.59. The van der Waals surface area contributed by atoms with Gasteiger partial charge in [-0.15, -0.1) is 0 Å². The summed E-state index contributed by atoms with van der Waals surface area (Å²) in [7, 11) is -4.32. The number of hydrogen-bond donors (Lipinski definition) is 1. The quantitative estimate of drug-likeness (QED) is 0.103. The van der Waals surface area contributed by atoms with Crippen molar-refractivity contribution in [2.75, 3.05) is 26.2 Å². The van der Waals surface area contributed by atoms with Crippen molar-refractivity contribution in [2.45, 2.75) is 63.7 Å². The molecule has 2 amide bonds. The fourth-order valence-electron chi connectivity index (χ4n) is 4.33. The third-order valence-corrected chi connectivity index (χ3v) is 8.54. The number of hydrogen-bond acceptors (Lipinski definition) is 9. The van der Waals surface area contributed by atoms with E-state index < -0.39 is 43.3 Å². The molecule has 1 N–H and O–H groups in total. The highest BCUT2D eigenvalue weighted by Gasteiger charge is 2.31. The number of benzene rings is 3. The molecular formula is C33H42N4O9S. The van der Waals surface area contributed by atoms with Crippen molar-refractivity contribution >= 4 is 27.9 Å². The minimum absolute atomic E-state index is 0.00638. The molecule has 0 aliphatic carbocycles. The van der Waals surface area contributed by atoms with Gasteiger partial charge in [-0.2, -0.15) is 9.37 Å². The van der Waals surface area contributed by atoms with E-state index in [4.69, 9.17) is 14.3 Å². The minimum Gasteiger partial charge on any atom is -0.445 e. The lowest BCUT2D eigenvalue weighted by molar-refractivity contribution is -0.387. The average Bonchev–Trinajstić information content (AvgIpc) is 3.04. The summed E-state index contributed by atoms with van der Waals surface area (Å²) >= 11 is 0. The zero-order chi connectivity index (χ0) is 34.3. The van der Waals surface area contributed by atoms with Gasteiger partial charge in [0.05, 0.1) is 11.5 Å². The van der Waals surface area contributed by atoms with E-state index in [1.54, 1.807) is 20.8 Å². The minimum atomic E-state index is -4.32. The molecule has 0 fully saturated rings. The molecule has 0 saturated carbocycles. The Morgan fingerprint density at radius 3 is 2.00 bits per heavy atom. The maximum atomic E-state index is 13.8. The van der Waals surface area contributed by atoms with E-state index in [9.17, 15) is 28.1 Å². The number of rotatable bonds is 17. The largest absolute Gasteiger partial charge is 0.445 e. The Labute approximate surface area is 275 Å². The Balaban J connectivity index is 1.66. The van der Waals surface area contributed by atoms with Crippen molar-refractivity contribution in [1.82, 2.24) is 14.7 Å². The van der Waals surface area contributed by atoms with Gasteiger partial charge < -0.3 is 14.8 Å². The van der Waals surface area contributed by atoms with Crippen LogP contribution in [0.15, 0.2) is 89.8 Å². The van der Waals surface area contributed by atoms with Crippen molar-refractivity contribution in [3.05, 3.63) is 106 Å². The Morgan fingerprint density at radius 2 is 1.38 bits per heavy atom. The van der Waals surface area contributed by atoms with Crippen LogP contribution in [0.4, 0.5) is 15.3 Å². The molecule has 0 heterocycles. The van der Waals surface area contributed by atoms with Crippen LogP contribution < -0.4 is 5.32 Å². The maximum Gasteiger partial charge on any atom is 0.434 e. The molecule has 13 nitrogen and oxygen atoms in total. The first-order valence-electron chi connectivity index (χ1n) is 15.2. The molecule has 254 valence electrons. The number of para-hydroxylation sites is 1. The number of nitro groups is 1. The molecule has 0 atom stereocenters. The van der Waals surface area contributed by atoms with E-state index in [0.717, 1.165) is 26.6 Å². The van der Waals surface area contributed by atoms with Gasteiger partial charge in [-0.1, -0.05) is 72.8 Å². The van der Waals surface area contributed by atoms with Gasteiger partial charge in [0.2, 0.25) is 10.0 Å². The monoisotopic (exact) mass is 670 g/mol. The summed E-state index contributed by atoms with van der Waals surface area (Å²) in [5.74, 6) is 0. The van der Waals surface area contributed by atoms with Gasteiger partial charge in [-0.25, -0.2) is 18.0 Å². The summed E-state index contributed by atoms with van der Waals surface area (Å²) in [6, 6.07) is 23.6. The molecule has 3 rings (SSSR count). The Morgan fingerprint density at radius 1 is 0.809 bits per heavy atom. The standard InChI is InChI=1S/C33H42N4O9S/c1-33(2,3)46-32(39)36(45-26-28-17-8-5-9-18-28)24-14-23-35(47(42,43)30-20-11-10-19-29(30)37(40)41)22-13-12-21-34-31(38)44-25-27-15-6-4-7-16-27/h4-11,15-20H,12-14,21-26H2,1-3H3,(H,34,38). The first-order chi connectivity index (χ1) is 22.4.